The van der Waals surface area contributed by atoms with Crippen molar-refractivity contribution in [2.75, 3.05) is 11.1 Å². The molecule has 110 valence electrons. The lowest BCUT2D eigenvalue weighted by atomic mass is 10.3. The molecule has 2 rings (SSSR count). The molecule has 0 aliphatic carbocycles. The zero-order valence-corrected chi connectivity index (χ0v) is 13.2. The molecule has 0 unspecified atom stereocenters. The number of thioether (sulfide) groups is 1. The average Bonchev–Trinajstić information content (AvgIpc) is 2.76. The van der Waals surface area contributed by atoms with Gasteiger partial charge in [0, 0.05) is 5.69 Å². The summed E-state index contributed by atoms with van der Waals surface area (Å²) in [6.45, 7) is 3.64. The first-order valence-corrected chi connectivity index (χ1v) is 7.89. The third-order valence-electron chi connectivity index (χ3n) is 2.44. The monoisotopic (exact) mass is 322 g/mol. The number of hydrogen-bond donors (Lipinski definition) is 2. The van der Waals surface area contributed by atoms with Crippen LogP contribution in [0.25, 0.3) is 0 Å². The second-order valence-electron chi connectivity index (χ2n) is 4.27. The molecule has 2 heterocycles. The number of carbonyl (C=O) groups is 2. The van der Waals surface area contributed by atoms with Gasteiger partial charge in [-0.25, -0.2) is 9.97 Å². The minimum Gasteiger partial charge on any atom is -0.369 e. The van der Waals surface area contributed by atoms with Crippen LogP contribution in [0.3, 0.4) is 0 Å². The van der Waals surface area contributed by atoms with E-state index in [1.165, 1.54) is 23.1 Å². The lowest BCUT2D eigenvalue weighted by Gasteiger charge is -2.01. The van der Waals surface area contributed by atoms with Gasteiger partial charge in [-0.15, -0.1) is 11.8 Å². The second-order valence-corrected chi connectivity index (χ2v) is 6.51. The molecule has 2 aromatic rings. The van der Waals surface area contributed by atoms with Crippen molar-refractivity contribution in [3.8, 4) is 0 Å². The van der Waals surface area contributed by atoms with Crippen molar-refractivity contribution in [2.45, 2.75) is 18.1 Å². The lowest BCUT2D eigenvalue weighted by Crippen LogP contribution is -2.13. The molecule has 0 spiro atoms. The fourth-order valence-electron chi connectivity index (χ4n) is 1.54. The van der Waals surface area contributed by atoms with Crippen molar-refractivity contribution in [3.05, 3.63) is 35.3 Å². The van der Waals surface area contributed by atoms with Gasteiger partial charge in [-0.2, -0.15) is 0 Å². The normalized spacial score (nSPS) is 10.4. The summed E-state index contributed by atoms with van der Waals surface area (Å²) in [4.78, 5) is 31.3. The Bertz CT molecular complexity index is 685. The third kappa shape index (κ3) is 4.27. The van der Waals surface area contributed by atoms with E-state index in [1.54, 1.807) is 12.1 Å². The van der Waals surface area contributed by atoms with Crippen LogP contribution in [-0.4, -0.2) is 27.5 Å². The molecule has 0 aliphatic rings. The van der Waals surface area contributed by atoms with E-state index in [0.29, 0.717) is 10.8 Å². The first-order chi connectivity index (χ1) is 9.95. The van der Waals surface area contributed by atoms with Crippen molar-refractivity contribution in [1.29, 1.82) is 0 Å². The van der Waals surface area contributed by atoms with Gasteiger partial charge in [-0.1, -0.05) is 17.4 Å². The van der Waals surface area contributed by atoms with E-state index < -0.39 is 0 Å². The van der Waals surface area contributed by atoms with Gasteiger partial charge < -0.3 is 5.73 Å². The molecule has 6 nitrogen and oxygen atoms in total. The number of aryl methyl sites for hydroxylation is 2. The molecule has 0 saturated carbocycles. The molecule has 0 aliphatic heterocycles. The zero-order chi connectivity index (χ0) is 15.4. The third-order valence-corrected chi connectivity index (χ3v) is 4.90. The molecule has 0 bridgehead atoms. The molecule has 0 saturated heterocycles. The van der Waals surface area contributed by atoms with Crippen molar-refractivity contribution in [3.63, 3.8) is 0 Å². The summed E-state index contributed by atoms with van der Waals surface area (Å²) < 4.78 is 0.862. The highest BCUT2D eigenvalue weighted by molar-refractivity contribution is 8.01. The molecule has 2 aromatic heterocycles. The van der Waals surface area contributed by atoms with E-state index in [-0.39, 0.29) is 17.6 Å². The predicted molar refractivity (Wildman–Crippen MR) is 83.7 cm³/mol. The fraction of sp³-hybridized carbons (Fsp3) is 0.231. The zero-order valence-electron chi connectivity index (χ0n) is 11.5. The van der Waals surface area contributed by atoms with Gasteiger partial charge in [0.05, 0.1) is 15.7 Å². The summed E-state index contributed by atoms with van der Waals surface area (Å²) in [5, 5.41) is 3.19. The second kappa shape index (κ2) is 6.68. The van der Waals surface area contributed by atoms with Gasteiger partial charge in [0.15, 0.2) is 5.13 Å². The van der Waals surface area contributed by atoms with Crippen LogP contribution in [0.15, 0.2) is 22.4 Å². The van der Waals surface area contributed by atoms with Gasteiger partial charge in [0.25, 0.3) is 5.91 Å². The number of carbonyl (C=O) groups excluding carboxylic acids is 2. The Kier molecular flexibility index (Phi) is 4.92. The van der Waals surface area contributed by atoms with Crippen molar-refractivity contribution in [1.82, 2.24) is 9.97 Å². The largest absolute Gasteiger partial charge is 0.369 e. The number of nitrogens with one attached hydrogen (secondary N) is 1. The van der Waals surface area contributed by atoms with Gasteiger partial charge >= 0.3 is 0 Å². The predicted octanol–water partition coefficient (Wildman–Crippen LogP) is 1.98. The number of anilines is 1. The highest BCUT2D eigenvalue weighted by Gasteiger charge is 2.13. The van der Waals surface area contributed by atoms with Crippen LogP contribution < -0.4 is 11.1 Å². The first-order valence-electron chi connectivity index (χ1n) is 6.09. The van der Waals surface area contributed by atoms with Crippen molar-refractivity contribution in [2.24, 2.45) is 5.73 Å². The van der Waals surface area contributed by atoms with E-state index in [2.05, 4.69) is 15.3 Å². The van der Waals surface area contributed by atoms with E-state index >= 15 is 0 Å². The summed E-state index contributed by atoms with van der Waals surface area (Å²) >= 11 is 2.63. The van der Waals surface area contributed by atoms with Crippen molar-refractivity contribution < 1.29 is 9.59 Å². The Balaban J connectivity index is 2.08. The van der Waals surface area contributed by atoms with Crippen LogP contribution in [0.1, 0.15) is 21.9 Å². The first kappa shape index (κ1) is 15.5. The molecule has 0 fully saturated rings. The minimum absolute atomic E-state index is 0.190. The van der Waals surface area contributed by atoms with Gasteiger partial charge in [0.1, 0.15) is 5.69 Å². The maximum atomic E-state index is 12.1. The number of amides is 2. The van der Waals surface area contributed by atoms with Crippen LogP contribution in [0, 0.1) is 13.8 Å². The molecule has 0 atom stereocenters. The van der Waals surface area contributed by atoms with Crippen LogP contribution >= 0.6 is 23.1 Å². The minimum atomic E-state index is -0.387. The molecule has 8 heteroatoms. The number of primary amides is 1. The Labute approximate surface area is 130 Å². The fourth-order valence-corrected chi connectivity index (χ4v) is 3.41. The topological polar surface area (TPSA) is 98.0 Å². The molecular formula is C13H14N4O2S2. The lowest BCUT2D eigenvalue weighted by molar-refractivity contribution is -0.115. The highest BCUT2D eigenvalue weighted by Crippen LogP contribution is 2.31. The van der Waals surface area contributed by atoms with Crippen LogP contribution in [0.5, 0.6) is 0 Å². The Morgan fingerprint density at radius 3 is 2.76 bits per heavy atom. The molecule has 0 radical (unpaired) electrons. The molecule has 3 N–H and O–H groups in total. The average molecular weight is 322 g/mol. The number of rotatable bonds is 5. The van der Waals surface area contributed by atoms with Crippen LogP contribution in [-0.2, 0) is 4.79 Å². The quantitative estimate of drug-likeness (QED) is 0.820. The molecule has 21 heavy (non-hydrogen) atoms. The van der Waals surface area contributed by atoms with E-state index in [1.807, 2.05) is 19.9 Å². The maximum Gasteiger partial charge on any atom is 0.276 e. The molecular weight excluding hydrogens is 308 g/mol. The van der Waals surface area contributed by atoms with E-state index in [9.17, 15) is 9.59 Å². The molecule has 2 amide bonds. The van der Waals surface area contributed by atoms with Gasteiger partial charge in [0.2, 0.25) is 5.91 Å². The summed E-state index contributed by atoms with van der Waals surface area (Å²) in [6, 6.07) is 5.24. The number of nitrogens with zero attached hydrogens (tertiary/aromatic N) is 2. The Hall–Kier alpha value is -1.93. The number of hydrogen-bond acceptors (Lipinski definition) is 6. The maximum absolute atomic E-state index is 12.1. The van der Waals surface area contributed by atoms with E-state index in [4.69, 9.17) is 5.73 Å². The Morgan fingerprint density at radius 2 is 2.10 bits per heavy atom. The SMILES string of the molecule is Cc1cccc(C(=O)Nc2nc(C)c(SCC(N)=O)s2)n1. The number of pyridine rings is 1. The Morgan fingerprint density at radius 1 is 1.33 bits per heavy atom. The summed E-state index contributed by atoms with van der Waals surface area (Å²) in [5.74, 6) is -0.503. The number of aromatic nitrogens is 2. The van der Waals surface area contributed by atoms with Crippen LogP contribution in [0.4, 0.5) is 5.13 Å². The summed E-state index contributed by atoms with van der Waals surface area (Å²) in [7, 11) is 0. The van der Waals surface area contributed by atoms with Gasteiger partial charge in [-0.05, 0) is 26.0 Å². The van der Waals surface area contributed by atoms with Gasteiger partial charge in [-0.3, -0.25) is 14.9 Å². The standard InChI is InChI=1S/C13H14N4O2S2/c1-7-4-3-5-9(15-7)11(19)17-13-16-8(2)12(21-13)20-6-10(14)18/h3-5H,6H2,1-2H3,(H2,14,18)(H,16,17,19). The van der Waals surface area contributed by atoms with Crippen molar-refractivity contribution >= 4 is 40.0 Å². The van der Waals surface area contributed by atoms with E-state index in [0.717, 1.165) is 15.6 Å². The number of thiazole rings is 1. The summed E-state index contributed by atoms with van der Waals surface area (Å²) in [5.41, 5.74) is 6.99. The highest BCUT2D eigenvalue weighted by atomic mass is 32.2. The van der Waals surface area contributed by atoms with Crippen LogP contribution in [0.2, 0.25) is 0 Å². The number of nitrogens with two attached hydrogens (primary N) is 1. The molecule has 0 aromatic carbocycles. The smallest absolute Gasteiger partial charge is 0.276 e. The summed E-state index contributed by atoms with van der Waals surface area (Å²) in [6.07, 6.45) is 0.